The first-order valence-electron chi connectivity index (χ1n) is 9.13. The van der Waals surface area contributed by atoms with Gasteiger partial charge in [0.1, 0.15) is 10.7 Å². The molecule has 2 aromatic heterocycles. The molecule has 4 aromatic rings. The van der Waals surface area contributed by atoms with E-state index in [2.05, 4.69) is 0 Å². The molecule has 140 valence electrons. The average molecular weight is 409 g/mol. The highest BCUT2D eigenvalue weighted by Crippen LogP contribution is 2.33. The summed E-state index contributed by atoms with van der Waals surface area (Å²) in [7, 11) is 0. The number of thiophene rings is 1. The van der Waals surface area contributed by atoms with Crippen molar-refractivity contribution in [1.29, 1.82) is 0 Å². The van der Waals surface area contributed by atoms with E-state index in [1.807, 2.05) is 54.6 Å². The Bertz CT molecular complexity index is 1230. The Labute approximate surface area is 171 Å². The summed E-state index contributed by atoms with van der Waals surface area (Å²) in [5, 5.41) is 1.36. The third-order valence-corrected chi connectivity index (χ3v) is 6.32. The van der Waals surface area contributed by atoms with E-state index >= 15 is 0 Å². The highest BCUT2D eigenvalue weighted by molar-refractivity contribution is 7.18. The van der Waals surface area contributed by atoms with Crippen LogP contribution in [-0.4, -0.2) is 16.2 Å². The van der Waals surface area contributed by atoms with Crippen LogP contribution in [-0.2, 0) is 24.3 Å². The summed E-state index contributed by atoms with van der Waals surface area (Å²) in [6, 6.07) is 17.5. The lowest BCUT2D eigenvalue weighted by atomic mass is 10.1. The summed E-state index contributed by atoms with van der Waals surface area (Å²) in [6.07, 6.45) is 0.758. The molecule has 0 spiro atoms. The number of benzene rings is 2. The zero-order valence-electron chi connectivity index (χ0n) is 15.0. The van der Waals surface area contributed by atoms with Gasteiger partial charge in [0.05, 0.1) is 25.1 Å². The van der Waals surface area contributed by atoms with Crippen molar-refractivity contribution in [2.75, 3.05) is 6.61 Å². The van der Waals surface area contributed by atoms with Crippen molar-refractivity contribution in [3.8, 4) is 11.4 Å². The van der Waals surface area contributed by atoms with Crippen molar-refractivity contribution >= 4 is 33.2 Å². The first-order valence-corrected chi connectivity index (χ1v) is 10.3. The molecule has 0 saturated heterocycles. The number of hydrogen-bond acceptors (Lipinski definition) is 4. The Kier molecular flexibility index (Phi) is 4.51. The summed E-state index contributed by atoms with van der Waals surface area (Å²) >= 11 is 7.78. The van der Waals surface area contributed by atoms with E-state index in [1.54, 1.807) is 15.9 Å². The van der Waals surface area contributed by atoms with Gasteiger partial charge in [-0.3, -0.25) is 9.36 Å². The first kappa shape index (κ1) is 17.6. The summed E-state index contributed by atoms with van der Waals surface area (Å²) in [4.78, 5) is 20.4. The van der Waals surface area contributed by atoms with Crippen molar-refractivity contribution < 1.29 is 4.74 Å². The Balaban J connectivity index is 1.79. The molecule has 0 unspecified atom stereocenters. The topological polar surface area (TPSA) is 44.1 Å². The normalized spacial score (nSPS) is 13.6. The number of halogens is 1. The fourth-order valence-corrected chi connectivity index (χ4v) is 5.00. The zero-order valence-corrected chi connectivity index (χ0v) is 16.6. The molecule has 0 N–H and O–H groups in total. The summed E-state index contributed by atoms with van der Waals surface area (Å²) in [6.45, 7) is 1.67. The molecule has 0 atom stereocenters. The minimum absolute atomic E-state index is 0.00299. The number of nitrogens with zero attached hydrogens (tertiary/aromatic N) is 2. The van der Waals surface area contributed by atoms with E-state index < -0.39 is 0 Å². The second kappa shape index (κ2) is 7.17. The molecule has 0 aliphatic carbocycles. The highest BCUT2D eigenvalue weighted by Gasteiger charge is 2.23. The van der Waals surface area contributed by atoms with Gasteiger partial charge in [0.25, 0.3) is 5.56 Å². The molecule has 0 saturated carbocycles. The number of aromatic nitrogens is 2. The molecule has 0 amide bonds. The van der Waals surface area contributed by atoms with E-state index in [0.29, 0.717) is 30.6 Å². The standard InChI is InChI=1S/C22H17ClN2O2S/c23-16-8-4-7-15(11-16)20-24-21-19(17-9-10-27-13-18(17)28-21)22(26)25(20)12-14-5-2-1-3-6-14/h1-8,11H,9-10,12-13H2. The van der Waals surface area contributed by atoms with E-state index in [-0.39, 0.29) is 5.56 Å². The lowest BCUT2D eigenvalue weighted by molar-refractivity contribution is 0.114. The monoisotopic (exact) mass is 408 g/mol. The van der Waals surface area contributed by atoms with Crippen LogP contribution in [0, 0.1) is 0 Å². The number of rotatable bonds is 3. The Morgan fingerprint density at radius 2 is 2.00 bits per heavy atom. The maximum Gasteiger partial charge on any atom is 0.263 e. The third kappa shape index (κ3) is 3.05. The lowest BCUT2D eigenvalue weighted by Crippen LogP contribution is -2.24. The predicted octanol–water partition coefficient (Wildman–Crippen LogP) is 4.90. The van der Waals surface area contributed by atoms with Gasteiger partial charge >= 0.3 is 0 Å². The fraction of sp³-hybridized carbons (Fsp3) is 0.182. The van der Waals surface area contributed by atoms with Gasteiger partial charge in [0.2, 0.25) is 0 Å². The fourth-order valence-electron chi connectivity index (χ4n) is 3.67. The van der Waals surface area contributed by atoms with Crippen molar-refractivity contribution in [1.82, 2.24) is 9.55 Å². The number of ether oxygens (including phenoxy) is 1. The molecule has 1 aliphatic rings. The highest BCUT2D eigenvalue weighted by atomic mass is 35.5. The molecule has 3 heterocycles. The SMILES string of the molecule is O=c1c2c3c(sc2nc(-c2cccc(Cl)c2)n1Cc1ccccc1)COCC3. The maximum absolute atomic E-state index is 13.6. The predicted molar refractivity (Wildman–Crippen MR) is 113 cm³/mol. The van der Waals surface area contributed by atoms with Gasteiger partial charge in [-0.1, -0.05) is 54.1 Å². The maximum atomic E-state index is 13.6. The lowest BCUT2D eigenvalue weighted by Gasteiger charge is -2.14. The van der Waals surface area contributed by atoms with Gasteiger partial charge in [0.15, 0.2) is 0 Å². The molecule has 1 aliphatic heterocycles. The largest absolute Gasteiger partial charge is 0.376 e. The third-order valence-electron chi connectivity index (χ3n) is 4.99. The van der Waals surface area contributed by atoms with Gasteiger partial charge in [-0.2, -0.15) is 0 Å². The van der Waals surface area contributed by atoms with Crippen molar-refractivity contribution in [2.24, 2.45) is 0 Å². The van der Waals surface area contributed by atoms with Crippen LogP contribution in [0.15, 0.2) is 59.4 Å². The summed E-state index contributed by atoms with van der Waals surface area (Å²) < 4.78 is 7.35. The molecule has 5 rings (SSSR count). The smallest absolute Gasteiger partial charge is 0.263 e. The van der Waals surface area contributed by atoms with E-state index in [4.69, 9.17) is 21.3 Å². The molecule has 0 bridgehead atoms. The Morgan fingerprint density at radius 1 is 1.14 bits per heavy atom. The Morgan fingerprint density at radius 3 is 2.82 bits per heavy atom. The van der Waals surface area contributed by atoms with Gasteiger partial charge in [0, 0.05) is 15.5 Å². The summed E-state index contributed by atoms with van der Waals surface area (Å²) in [5.41, 5.74) is 3.00. The minimum atomic E-state index is 0.00299. The molecule has 4 nitrogen and oxygen atoms in total. The number of fused-ring (bicyclic) bond motifs is 3. The molecular weight excluding hydrogens is 392 g/mol. The van der Waals surface area contributed by atoms with Crippen LogP contribution in [0.3, 0.4) is 0 Å². The van der Waals surface area contributed by atoms with E-state index in [9.17, 15) is 4.79 Å². The van der Waals surface area contributed by atoms with Crippen molar-refractivity contribution in [3.63, 3.8) is 0 Å². The van der Waals surface area contributed by atoms with Crippen LogP contribution in [0.2, 0.25) is 5.02 Å². The first-order chi connectivity index (χ1) is 13.7. The second-order valence-electron chi connectivity index (χ2n) is 6.81. The van der Waals surface area contributed by atoms with Crippen LogP contribution in [0.5, 0.6) is 0 Å². The van der Waals surface area contributed by atoms with Crippen LogP contribution >= 0.6 is 22.9 Å². The van der Waals surface area contributed by atoms with Crippen molar-refractivity contribution in [3.05, 3.63) is 86.0 Å². The average Bonchev–Trinajstić information content (AvgIpc) is 3.09. The van der Waals surface area contributed by atoms with Crippen molar-refractivity contribution in [2.45, 2.75) is 19.6 Å². The molecule has 0 fully saturated rings. The molecule has 28 heavy (non-hydrogen) atoms. The zero-order chi connectivity index (χ0) is 19.1. The van der Waals surface area contributed by atoms with E-state index in [1.165, 1.54) is 0 Å². The van der Waals surface area contributed by atoms with Crippen LogP contribution < -0.4 is 5.56 Å². The quantitative estimate of drug-likeness (QED) is 0.484. The number of hydrogen-bond donors (Lipinski definition) is 0. The molecule has 6 heteroatoms. The summed E-state index contributed by atoms with van der Waals surface area (Å²) in [5.74, 6) is 0.642. The molecule has 0 radical (unpaired) electrons. The molecular formula is C22H17ClN2O2S. The van der Waals surface area contributed by atoms with Gasteiger partial charge < -0.3 is 4.74 Å². The Hall–Kier alpha value is -2.47. The minimum Gasteiger partial charge on any atom is -0.376 e. The second-order valence-corrected chi connectivity index (χ2v) is 8.33. The van der Waals surface area contributed by atoms with Gasteiger partial charge in [-0.15, -0.1) is 11.3 Å². The van der Waals surface area contributed by atoms with Crippen LogP contribution in [0.1, 0.15) is 16.0 Å². The van der Waals surface area contributed by atoms with Crippen LogP contribution in [0.4, 0.5) is 0 Å². The van der Waals surface area contributed by atoms with Crippen LogP contribution in [0.25, 0.3) is 21.6 Å². The van der Waals surface area contributed by atoms with E-state index in [0.717, 1.165) is 38.2 Å². The van der Waals surface area contributed by atoms with Gasteiger partial charge in [-0.05, 0) is 29.7 Å². The van der Waals surface area contributed by atoms with Gasteiger partial charge in [-0.25, -0.2) is 4.98 Å². The molecule has 2 aromatic carbocycles.